The molecule has 2 aliphatic rings. The van der Waals surface area contributed by atoms with E-state index in [2.05, 4.69) is 55.2 Å². The van der Waals surface area contributed by atoms with Crippen LogP contribution in [0.15, 0.2) is 48.5 Å². The second-order valence-electron chi connectivity index (χ2n) is 6.40. The summed E-state index contributed by atoms with van der Waals surface area (Å²) < 4.78 is 0. The van der Waals surface area contributed by atoms with Crippen LogP contribution in [-0.2, 0) is 0 Å². The molecule has 0 atom stereocenters. The fraction of sp³-hybridized carbons (Fsp3) is 0.368. The third kappa shape index (κ3) is 1.64. The van der Waals surface area contributed by atoms with E-state index in [1.807, 2.05) is 0 Å². The maximum Gasteiger partial charge on any atom is 0.107 e. The summed E-state index contributed by atoms with van der Waals surface area (Å²) in [5.74, 6) is 0. The highest BCUT2D eigenvalue weighted by Crippen LogP contribution is 2.66. The molecule has 1 aliphatic heterocycles. The summed E-state index contributed by atoms with van der Waals surface area (Å²) in [6.45, 7) is 2.60. The van der Waals surface area contributed by atoms with Crippen molar-refractivity contribution in [2.45, 2.75) is 37.8 Å². The predicted molar refractivity (Wildman–Crippen MR) is 90.9 cm³/mol. The molecule has 0 N–H and O–H groups in total. The van der Waals surface area contributed by atoms with Gasteiger partial charge in [0.05, 0.1) is 19.6 Å². The molecular weight excluding hydrogens is 259 g/mol. The molecule has 0 aromatic heterocycles. The molecule has 20 heavy (non-hydrogen) atoms. The van der Waals surface area contributed by atoms with Crippen LogP contribution in [-0.4, -0.2) is 12.3 Å². The van der Waals surface area contributed by atoms with Gasteiger partial charge in [0.25, 0.3) is 0 Å². The van der Waals surface area contributed by atoms with Crippen LogP contribution in [0.4, 0.5) is 0 Å². The fourth-order valence-corrected chi connectivity index (χ4v) is 8.96. The van der Waals surface area contributed by atoms with Gasteiger partial charge in [0.15, 0.2) is 0 Å². The standard InChI is InChI=1S/C19H22P/c1-20(15-9-3-2-4-10-15)18-13-7-5-11-16(18)17-12-6-8-14-19(17)20/h5-8,11-15H,2-4,9-10H2,1H3/q+1. The van der Waals surface area contributed by atoms with Gasteiger partial charge in [-0.15, -0.1) is 0 Å². The Bertz CT molecular complexity index is 592. The Morgan fingerprint density at radius 2 is 1.25 bits per heavy atom. The van der Waals surface area contributed by atoms with Crippen LogP contribution in [0.2, 0.25) is 0 Å². The van der Waals surface area contributed by atoms with Crippen LogP contribution >= 0.6 is 7.26 Å². The molecule has 2 aromatic rings. The summed E-state index contributed by atoms with van der Waals surface area (Å²) in [7, 11) is -1.18. The van der Waals surface area contributed by atoms with Gasteiger partial charge in [0.2, 0.25) is 0 Å². The van der Waals surface area contributed by atoms with E-state index >= 15 is 0 Å². The summed E-state index contributed by atoms with van der Waals surface area (Å²) in [6.07, 6.45) is 7.19. The molecule has 1 heterocycles. The highest BCUT2D eigenvalue weighted by atomic mass is 31.2. The van der Waals surface area contributed by atoms with Crippen LogP contribution in [0.3, 0.4) is 0 Å². The number of rotatable bonds is 1. The first kappa shape index (κ1) is 12.6. The fourth-order valence-electron chi connectivity index (χ4n) is 4.33. The number of benzene rings is 2. The molecule has 1 aliphatic carbocycles. The molecule has 2 aromatic carbocycles. The van der Waals surface area contributed by atoms with E-state index in [4.69, 9.17) is 0 Å². The van der Waals surface area contributed by atoms with Crippen molar-refractivity contribution in [3.63, 3.8) is 0 Å². The van der Waals surface area contributed by atoms with Crippen molar-refractivity contribution in [2.24, 2.45) is 0 Å². The average Bonchev–Trinajstić information content (AvgIpc) is 2.80. The van der Waals surface area contributed by atoms with Gasteiger partial charge in [-0.05, 0) is 37.8 Å². The summed E-state index contributed by atoms with van der Waals surface area (Å²) in [5, 5.41) is 3.35. The molecule has 1 fully saturated rings. The lowest BCUT2D eigenvalue weighted by atomic mass is 10.0. The van der Waals surface area contributed by atoms with Crippen LogP contribution in [0.1, 0.15) is 32.1 Å². The van der Waals surface area contributed by atoms with Crippen molar-refractivity contribution in [1.29, 1.82) is 0 Å². The van der Waals surface area contributed by atoms with Crippen molar-refractivity contribution in [1.82, 2.24) is 0 Å². The third-order valence-electron chi connectivity index (χ3n) is 5.40. The average molecular weight is 281 g/mol. The minimum atomic E-state index is -1.18. The van der Waals surface area contributed by atoms with Gasteiger partial charge >= 0.3 is 0 Å². The van der Waals surface area contributed by atoms with Crippen LogP contribution in [0.5, 0.6) is 0 Å². The monoisotopic (exact) mass is 281 g/mol. The van der Waals surface area contributed by atoms with E-state index in [-0.39, 0.29) is 0 Å². The largest absolute Gasteiger partial charge is 0.107 e. The van der Waals surface area contributed by atoms with E-state index in [0.717, 1.165) is 5.66 Å². The van der Waals surface area contributed by atoms with Gasteiger partial charge in [-0.2, -0.15) is 0 Å². The topological polar surface area (TPSA) is 0 Å². The minimum absolute atomic E-state index is 0.918. The van der Waals surface area contributed by atoms with E-state index in [1.165, 1.54) is 43.2 Å². The molecule has 0 nitrogen and oxygen atoms in total. The zero-order valence-corrected chi connectivity index (χ0v) is 13.1. The first-order chi connectivity index (χ1) is 9.82. The van der Waals surface area contributed by atoms with E-state index < -0.39 is 7.26 Å². The first-order valence-electron chi connectivity index (χ1n) is 7.87. The Morgan fingerprint density at radius 1 is 0.750 bits per heavy atom. The van der Waals surface area contributed by atoms with E-state index in [1.54, 1.807) is 10.6 Å². The summed E-state index contributed by atoms with van der Waals surface area (Å²) in [6, 6.07) is 18.4. The second-order valence-corrected chi connectivity index (χ2v) is 10.2. The Labute approximate surface area is 122 Å². The Kier molecular flexibility index (Phi) is 2.97. The maximum atomic E-state index is 2.60. The van der Waals surface area contributed by atoms with E-state index in [0.29, 0.717) is 0 Å². The Morgan fingerprint density at radius 3 is 1.80 bits per heavy atom. The third-order valence-corrected chi connectivity index (χ3v) is 10.2. The number of fused-ring (bicyclic) bond motifs is 3. The molecule has 1 heteroatoms. The van der Waals surface area contributed by atoms with Crippen LogP contribution < -0.4 is 10.6 Å². The van der Waals surface area contributed by atoms with Gasteiger partial charge < -0.3 is 0 Å². The summed E-state index contributed by atoms with van der Waals surface area (Å²) in [4.78, 5) is 0. The number of hydrogen-bond acceptors (Lipinski definition) is 0. The lowest BCUT2D eigenvalue weighted by Gasteiger charge is -2.31. The minimum Gasteiger partial charge on any atom is -0.0614 e. The molecular formula is C19H22P+. The SMILES string of the molecule is C[P+]1(C2CCCCC2)c2ccccc2-c2ccccc21. The van der Waals surface area contributed by atoms with Gasteiger partial charge in [-0.1, -0.05) is 42.8 Å². The zero-order chi connectivity index (χ0) is 13.6. The predicted octanol–water partition coefficient (Wildman–Crippen LogP) is 4.60. The van der Waals surface area contributed by atoms with Crippen molar-refractivity contribution in [3.05, 3.63) is 48.5 Å². The maximum absolute atomic E-state index is 2.60. The van der Waals surface area contributed by atoms with E-state index in [9.17, 15) is 0 Å². The molecule has 4 rings (SSSR count). The molecule has 0 spiro atoms. The lowest BCUT2D eigenvalue weighted by Crippen LogP contribution is -2.29. The molecule has 0 bridgehead atoms. The second kappa shape index (κ2) is 4.71. The van der Waals surface area contributed by atoms with Crippen LogP contribution in [0.25, 0.3) is 11.1 Å². The van der Waals surface area contributed by atoms with Gasteiger partial charge in [-0.25, -0.2) is 0 Å². The highest BCUT2D eigenvalue weighted by molar-refractivity contribution is 7.90. The van der Waals surface area contributed by atoms with Crippen LogP contribution in [0, 0.1) is 0 Å². The smallest absolute Gasteiger partial charge is 0.0614 e. The number of hydrogen-bond donors (Lipinski definition) is 0. The normalized spacial score (nSPS) is 20.4. The Balaban J connectivity index is 1.94. The molecule has 0 amide bonds. The van der Waals surface area contributed by atoms with Crippen molar-refractivity contribution in [2.75, 3.05) is 6.66 Å². The Hall–Kier alpha value is -1.13. The van der Waals surface area contributed by atoms with Gasteiger partial charge in [0.1, 0.15) is 10.6 Å². The van der Waals surface area contributed by atoms with Crippen molar-refractivity contribution >= 4 is 17.9 Å². The lowest BCUT2D eigenvalue weighted by molar-refractivity contribution is 0.511. The van der Waals surface area contributed by atoms with Gasteiger partial charge in [-0.3, -0.25) is 0 Å². The molecule has 102 valence electrons. The van der Waals surface area contributed by atoms with Gasteiger partial charge in [0, 0.05) is 11.1 Å². The van der Waals surface area contributed by atoms with Crippen molar-refractivity contribution in [3.8, 4) is 11.1 Å². The molecule has 1 saturated carbocycles. The zero-order valence-electron chi connectivity index (χ0n) is 12.2. The molecule has 0 unspecified atom stereocenters. The quantitative estimate of drug-likeness (QED) is 0.670. The van der Waals surface area contributed by atoms with Crippen molar-refractivity contribution < 1.29 is 0 Å². The summed E-state index contributed by atoms with van der Waals surface area (Å²) >= 11 is 0. The summed E-state index contributed by atoms with van der Waals surface area (Å²) in [5.41, 5.74) is 3.95. The first-order valence-corrected chi connectivity index (χ1v) is 10.2. The highest BCUT2D eigenvalue weighted by Gasteiger charge is 2.52. The molecule has 0 radical (unpaired) electrons. The molecule has 0 saturated heterocycles.